The summed E-state index contributed by atoms with van der Waals surface area (Å²) in [5.41, 5.74) is 1.64. The zero-order valence-corrected chi connectivity index (χ0v) is 7.76. The molecule has 12 heavy (non-hydrogen) atoms. The lowest BCUT2D eigenvalue weighted by Gasteiger charge is -2.23. The zero-order chi connectivity index (χ0) is 8.23. The number of allylic oxidation sites excluding steroid dienone is 4. The number of rotatable bonds is 1. The summed E-state index contributed by atoms with van der Waals surface area (Å²) in [6.07, 6.45) is 16.9. The summed E-state index contributed by atoms with van der Waals surface area (Å²) in [4.78, 5) is 0. The van der Waals surface area contributed by atoms with Crippen LogP contribution in [0.5, 0.6) is 0 Å². The summed E-state index contributed by atoms with van der Waals surface area (Å²) >= 11 is 0. The van der Waals surface area contributed by atoms with E-state index in [1.807, 2.05) is 0 Å². The second kappa shape index (κ2) is 3.93. The van der Waals surface area contributed by atoms with Crippen LogP contribution in [-0.4, -0.2) is 0 Å². The van der Waals surface area contributed by atoms with Crippen molar-refractivity contribution in [1.82, 2.24) is 0 Å². The molecule has 0 bridgehead atoms. The van der Waals surface area contributed by atoms with E-state index >= 15 is 0 Å². The van der Waals surface area contributed by atoms with E-state index in [-0.39, 0.29) is 0 Å². The quantitative estimate of drug-likeness (QED) is 0.549. The van der Waals surface area contributed by atoms with Crippen molar-refractivity contribution in [3.63, 3.8) is 0 Å². The largest absolute Gasteiger partial charge is 0.0840 e. The van der Waals surface area contributed by atoms with Crippen LogP contribution < -0.4 is 0 Å². The number of hydrogen-bond acceptors (Lipinski definition) is 0. The van der Waals surface area contributed by atoms with Crippen molar-refractivity contribution < 1.29 is 0 Å². The fraction of sp³-hybridized carbons (Fsp3) is 0.667. The molecule has 2 aliphatic rings. The van der Waals surface area contributed by atoms with Crippen LogP contribution in [0.3, 0.4) is 0 Å². The monoisotopic (exact) mass is 162 g/mol. The van der Waals surface area contributed by atoms with Crippen molar-refractivity contribution in [3.05, 3.63) is 23.8 Å². The van der Waals surface area contributed by atoms with Gasteiger partial charge in [-0.1, -0.05) is 37.5 Å². The Balaban J connectivity index is 1.97. The Morgan fingerprint density at radius 1 is 1.00 bits per heavy atom. The van der Waals surface area contributed by atoms with Gasteiger partial charge in [-0.3, -0.25) is 0 Å². The molecule has 0 saturated heterocycles. The summed E-state index contributed by atoms with van der Waals surface area (Å²) < 4.78 is 0. The van der Waals surface area contributed by atoms with Gasteiger partial charge in [-0.15, -0.1) is 0 Å². The molecule has 0 aliphatic heterocycles. The predicted octanol–water partition coefficient (Wildman–Crippen LogP) is 3.84. The minimum atomic E-state index is 0.912. The van der Waals surface area contributed by atoms with Gasteiger partial charge in [-0.25, -0.2) is 0 Å². The highest BCUT2D eigenvalue weighted by Crippen LogP contribution is 2.31. The van der Waals surface area contributed by atoms with E-state index < -0.39 is 0 Å². The molecule has 0 unspecified atom stereocenters. The Hall–Kier alpha value is -0.520. The van der Waals surface area contributed by atoms with E-state index in [0.717, 1.165) is 5.92 Å². The Labute approximate surface area is 75.4 Å². The van der Waals surface area contributed by atoms with Crippen LogP contribution in [0.4, 0.5) is 0 Å². The van der Waals surface area contributed by atoms with Crippen molar-refractivity contribution in [2.75, 3.05) is 0 Å². The predicted molar refractivity (Wildman–Crippen MR) is 53.0 cm³/mol. The molecule has 0 aromatic carbocycles. The SMILES string of the molecule is C1=CC(C2CCCCC2)=CCC1. The highest BCUT2D eigenvalue weighted by Gasteiger charge is 2.16. The summed E-state index contributed by atoms with van der Waals surface area (Å²) in [6.45, 7) is 0. The molecule has 2 aliphatic carbocycles. The first-order chi connectivity index (χ1) is 5.97. The first kappa shape index (κ1) is 8.10. The molecule has 0 aromatic heterocycles. The van der Waals surface area contributed by atoms with Crippen molar-refractivity contribution in [2.24, 2.45) is 5.92 Å². The van der Waals surface area contributed by atoms with E-state index in [1.165, 1.54) is 44.9 Å². The van der Waals surface area contributed by atoms with Crippen molar-refractivity contribution in [2.45, 2.75) is 44.9 Å². The topological polar surface area (TPSA) is 0 Å². The molecule has 1 fully saturated rings. The highest BCUT2D eigenvalue weighted by molar-refractivity contribution is 5.25. The molecule has 0 N–H and O–H groups in total. The van der Waals surface area contributed by atoms with E-state index in [0.29, 0.717) is 0 Å². The van der Waals surface area contributed by atoms with Gasteiger partial charge in [0.15, 0.2) is 0 Å². The third-order valence-corrected chi connectivity index (χ3v) is 3.10. The average molecular weight is 162 g/mol. The van der Waals surface area contributed by atoms with Gasteiger partial charge in [0.05, 0.1) is 0 Å². The van der Waals surface area contributed by atoms with Crippen molar-refractivity contribution in [3.8, 4) is 0 Å². The molecule has 0 radical (unpaired) electrons. The molecule has 0 heterocycles. The second-order valence-electron chi connectivity index (χ2n) is 4.02. The summed E-state index contributed by atoms with van der Waals surface area (Å²) in [5.74, 6) is 0.912. The smallest absolute Gasteiger partial charge is 0.0165 e. The minimum absolute atomic E-state index is 0.912. The normalized spacial score (nSPS) is 25.5. The lowest BCUT2D eigenvalue weighted by atomic mass is 9.82. The highest BCUT2D eigenvalue weighted by atomic mass is 14.2. The van der Waals surface area contributed by atoms with E-state index in [1.54, 1.807) is 5.57 Å². The average Bonchev–Trinajstić information content (AvgIpc) is 2.21. The van der Waals surface area contributed by atoms with Gasteiger partial charge < -0.3 is 0 Å². The standard InChI is InChI=1S/C12H18/c1-3-7-11(8-4-1)12-9-5-2-6-10-12/h3,7-8,12H,1-2,4-6,9-10H2. The fourth-order valence-corrected chi connectivity index (χ4v) is 2.37. The van der Waals surface area contributed by atoms with E-state index in [2.05, 4.69) is 18.2 Å². The van der Waals surface area contributed by atoms with E-state index in [9.17, 15) is 0 Å². The van der Waals surface area contributed by atoms with Crippen LogP contribution in [0.15, 0.2) is 23.8 Å². The third kappa shape index (κ3) is 1.80. The second-order valence-corrected chi connectivity index (χ2v) is 4.02. The molecular weight excluding hydrogens is 144 g/mol. The van der Waals surface area contributed by atoms with Gasteiger partial charge in [0.1, 0.15) is 0 Å². The molecular formula is C12H18. The lowest BCUT2D eigenvalue weighted by Crippen LogP contribution is -2.08. The van der Waals surface area contributed by atoms with E-state index in [4.69, 9.17) is 0 Å². The van der Waals surface area contributed by atoms with Gasteiger partial charge in [-0.2, -0.15) is 0 Å². The zero-order valence-electron chi connectivity index (χ0n) is 7.76. The lowest BCUT2D eigenvalue weighted by molar-refractivity contribution is 0.406. The molecule has 1 saturated carbocycles. The van der Waals surface area contributed by atoms with Crippen molar-refractivity contribution >= 4 is 0 Å². The van der Waals surface area contributed by atoms with Crippen LogP contribution in [0.2, 0.25) is 0 Å². The molecule has 0 aromatic rings. The summed E-state index contributed by atoms with van der Waals surface area (Å²) in [6, 6.07) is 0. The fourth-order valence-electron chi connectivity index (χ4n) is 2.37. The van der Waals surface area contributed by atoms with Gasteiger partial charge in [0, 0.05) is 0 Å². The maximum absolute atomic E-state index is 2.45. The van der Waals surface area contributed by atoms with Gasteiger partial charge in [0.25, 0.3) is 0 Å². The van der Waals surface area contributed by atoms with Crippen LogP contribution in [0.25, 0.3) is 0 Å². The summed E-state index contributed by atoms with van der Waals surface area (Å²) in [5, 5.41) is 0. The molecule has 0 heteroatoms. The first-order valence-corrected chi connectivity index (χ1v) is 5.33. The van der Waals surface area contributed by atoms with Crippen molar-refractivity contribution in [1.29, 1.82) is 0 Å². The van der Waals surface area contributed by atoms with Crippen LogP contribution in [0.1, 0.15) is 44.9 Å². The Morgan fingerprint density at radius 2 is 1.83 bits per heavy atom. The van der Waals surface area contributed by atoms with Crippen LogP contribution in [0, 0.1) is 5.92 Å². The molecule has 2 rings (SSSR count). The van der Waals surface area contributed by atoms with Crippen LogP contribution >= 0.6 is 0 Å². The molecule has 66 valence electrons. The first-order valence-electron chi connectivity index (χ1n) is 5.33. The Morgan fingerprint density at radius 3 is 2.50 bits per heavy atom. The van der Waals surface area contributed by atoms with Gasteiger partial charge in [0.2, 0.25) is 0 Å². The summed E-state index contributed by atoms with van der Waals surface area (Å²) in [7, 11) is 0. The molecule has 0 amide bonds. The molecule has 0 atom stereocenters. The minimum Gasteiger partial charge on any atom is -0.0840 e. The van der Waals surface area contributed by atoms with Gasteiger partial charge in [-0.05, 0) is 37.2 Å². The number of hydrogen-bond donors (Lipinski definition) is 0. The van der Waals surface area contributed by atoms with Gasteiger partial charge >= 0.3 is 0 Å². The maximum Gasteiger partial charge on any atom is -0.0165 e. The maximum atomic E-state index is 2.45. The Bertz CT molecular complexity index is 192. The molecule has 0 nitrogen and oxygen atoms in total. The Kier molecular flexibility index (Phi) is 2.65. The molecule has 0 spiro atoms. The third-order valence-electron chi connectivity index (χ3n) is 3.10. The van der Waals surface area contributed by atoms with Crippen LogP contribution in [-0.2, 0) is 0 Å².